The van der Waals surface area contributed by atoms with Crippen molar-refractivity contribution in [1.82, 2.24) is 4.31 Å². The number of benzene rings is 1. The zero-order chi connectivity index (χ0) is 13.0. The molecule has 1 saturated carbocycles. The molecule has 0 atom stereocenters. The Morgan fingerprint density at radius 1 is 1.33 bits per heavy atom. The Balaban J connectivity index is 1.80. The van der Waals surface area contributed by atoms with E-state index in [0.29, 0.717) is 10.8 Å². The lowest BCUT2D eigenvalue weighted by atomic mass is 9.91. The van der Waals surface area contributed by atoms with E-state index in [9.17, 15) is 13.5 Å². The molecule has 0 radical (unpaired) electrons. The van der Waals surface area contributed by atoms with Crippen LogP contribution in [0.1, 0.15) is 18.4 Å². The van der Waals surface area contributed by atoms with Gasteiger partial charge in [-0.25, -0.2) is 8.42 Å². The molecule has 1 saturated heterocycles. The van der Waals surface area contributed by atoms with Crippen LogP contribution in [0.5, 0.6) is 0 Å². The van der Waals surface area contributed by atoms with Gasteiger partial charge in [-0.1, -0.05) is 12.1 Å². The fraction of sp³-hybridized carbons (Fsp3) is 0.538. The average molecular weight is 267 g/mol. The number of β-amino-alcohol motifs (C(OH)–C–C–N with tert-alkyl or cyclic N) is 1. The van der Waals surface area contributed by atoms with Gasteiger partial charge in [-0.3, -0.25) is 0 Å². The normalized spacial score (nSPS) is 23.7. The minimum Gasteiger partial charge on any atom is -0.387 e. The second-order valence-electron chi connectivity index (χ2n) is 5.47. The van der Waals surface area contributed by atoms with Gasteiger partial charge in [0.05, 0.1) is 10.5 Å². The minimum absolute atomic E-state index is 0.244. The highest BCUT2D eigenvalue weighted by atomic mass is 32.2. The molecule has 0 spiro atoms. The second-order valence-corrected chi connectivity index (χ2v) is 7.41. The van der Waals surface area contributed by atoms with Crippen LogP contribution in [0.15, 0.2) is 29.2 Å². The van der Waals surface area contributed by atoms with Gasteiger partial charge in [-0.15, -0.1) is 0 Å². The molecular formula is C13H17NO3S. The maximum absolute atomic E-state index is 12.3. The van der Waals surface area contributed by atoms with E-state index in [0.717, 1.165) is 18.4 Å². The molecule has 1 aliphatic heterocycles. The summed E-state index contributed by atoms with van der Waals surface area (Å²) in [4.78, 5) is 0.320. The molecule has 4 nitrogen and oxygen atoms in total. The number of aliphatic hydroxyl groups is 1. The summed E-state index contributed by atoms with van der Waals surface area (Å²) in [6.45, 7) is 2.36. The van der Waals surface area contributed by atoms with Gasteiger partial charge in [-0.2, -0.15) is 4.31 Å². The van der Waals surface area contributed by atoms with E-state index in [1.165, 1.54) is 4.31 Å². The topological polar surface area (TPSA) is 57.6 Å². The standard InChI is InChI=1S/C13H17NO3S/c1-10-3-2-4-12(7-10)18(16,17)14-8-13(15,9-14)11-5-6-11/h2-4,7,11,15H,5-6,8-9H2,1H3. The largest absolute Gasteiger partial charge is 0.387 e. The summed E-state index contributed by atoms with van der Waals surface area (Å²) < 4.78 is 26.0. The van der Waals surface area contributed by atoms with Crippen molar-refractivity contribution in [3.8, 4) is 0 Å². The quantitative estimate of drug-likeness (QED) is 0.893. The first kappa shape index (κ1) is 12.1. The van der Waals surface area contributed by atoms with E-state index in [-0.39, 0.29) is 13.1 Å². The third kappa shape index (κ3) is 1.86. The highest BCUT2D eigenvalue weighted by Crippen LogP contribution is 2.45. The van der Waals surface area contributed by atoms with Gasteiger partial charge in [0.15, 0.2) is 0 Å². The average Bonchev–Trinajstić information content (AvgIpc) is 3.08. The number of hydrogen-bond acceptors (Lipinski definition) is 3. The Labute approximate surface area is 107 Å². The first-order valence-electron chi connectivity index (χ1n) is 6.21. The van der Waals surface area contributed by atoms with Gasteiger partial charge < -0.3 is 5.11 Å². The molecular weight excluding hydrogens is 250 g/mol. The van der Waals surface area contributed by atoms with Crippen LogP contribution in [0.4, 0.5) is 0 Å². The summed E-state index contributed by atoms with van der Waals surface area (Å²) in [5.41, 5.74) is 0.158. The molecule has 1 N–H and O–H groups in total. The van der Waals surface area contributed by atoms with Crippen molar-refractivity contribution in [2.24, 2.45) is 5.92 Å². The zero-order valence-corrected chi connectivity index (χ0v) is 11.2. The summed E-state index contributed by atoms with van der Waals surface area (Å²) in [6, 6.07) is 6.89. The smallest absolute Gasteiger partial charge is 0.243 e. The fourth-order valence-electron chi connectivity index (χ4n) is 2.54. The first-order chi connectivity index (χ1) is 8.42. The van der Waals surface area contributed by atoms with Crippen LogP contribution in [-0.2, 0) is 10.0 Å². The summed E-state index contributed by atoms with van der Waals surface area (Å²) in [6.07, 6.45) is 2.05. The van der Waals surface area contributed by atoms with E-state index in [1.807, 2.05) is 13.0 Å². The van der Waals surface area contributed by atoms with E-state index < -0.39 is 15.6 Å². The van der Waals surface area contributed by atoms with Crippen LogP contribution in [-0.4, -0.2) is 36.5 Å². The minimum atomic E-state index is -3.43. The lowest BCUT2D eigenvalue weighted by Gasteiger charge is -2.45. The van der Waals surface area contributed by atoms with Crippen LogP contribution in [0.2, 0.25) is 0 Å². The molecule has 98 valence electrons. The van der Waals surface area contributed by atoms with Crippen LogP contribution in [0.25, 0.3) is 0 Å². The maximum Gasteiger partial charge on any atom is 0.243 e. The number of rotatable bonds is 3. The van der Waals surface area contributed by atoms with Gasteiger partial charge in [0.25, 0.3) is 0 Å². The molecule has 0 aromatic heterocycles. The molecule has 2 fully saturated rings. The van der Waals surface area contributed by atoms with Crippen LogP contribution < -0.4 is 0 Å². The van der Waals surface area contributed by atoms with E-state index in [2.05, 4.69) is 0 Å². The number of aryl methyl sites for hydroxylation is 1. The Bertz CT molecular complexity index is 572. The van der Waals surface area contributed by atoms with Crippen LogP contribution in [0.3, 0.4) is 0 Å². The van der Waals surface area contributed by atoms with Crippen molar-refractivity contribution in [2.45, 2.75) is 30.3 Å². The second kappa shape index (κ2) is 3.79. The van der Waals surface area contributed by atoms with Crippen molar-refractivity contribution >= 4 is 10.0 Å². The lowest BCUT2D eigenvalue weighted by Crippen LogP contribution is -2.64. The highest BCUT2D eigenvalue weighted by molar-refractivity contribution is 7.89. The van der Waals surface area contributed by atoms with Gasteiger partial charge in [0, 0.05) is 13.1 Å². The summed E-state index contributed by atoms with van der Waals surface area (Å²) in [5.74, 6) is 0.307. The predicted molar refractivity (Wildman–Crippen MR) is 67.6 cm³/mol. The Kier molecular flexibility index (Phi) is 2.56. The molecule has 5 heteroatoms. The number of nitrogens with zero attached hydrogens (tertiary/aromatic N) is 1. The highest BCUT2D eigenvalue weighted by Gasteiger charge is 2.55. The summed E-state index contributed by atoms with van der Waals surface area (Å²) in [7, 11) is -3.43. The molecule has 18 heavy (non-hydrogen) atoms. The van der Waals surface area contributed by atoms with Crippen molar-refractivity contribution in [1.29, 1.82) is 0 Å². The number of sulfonamides is 1. The molecule has 0 amide bonds. The first-order valence-corrected chi connectivity index (χ1v) is 7.65. The Morgan fingerprint density at radius 3 is 2.56 bits per heavy atom. The van der Waals surface area contributed by atoms with Crippen LogP contribution >= 0.6 is 0 Å². The third-order valence-electron chi connectivity index (χ3n) is 3.86. The van der Waals surface area contributed by atoms with Gasteiger partial charge in [0.1, 0.15) is 0 Å². The van der Waals surface area contributed by atoms with Crippen molar-refractivity contribution in [2.75, 3.05) is 13.1 Å². The predicted octanol–water partition coefficient (Wildman–Crippen LogP) is 1.14. The molecule has 0 bridgehead atoms. The molecule has 0 unspecified atom stereocenters. The molecule has 2 aliphatic rings. The summed E-state index contributed by atoms with van der Waals surface area (Å²) >= 11 is 0. The van der Waals surface area contributed by atoms with Crippen molar-refractivity contribution < 1.29 is 13.5 Å². The zero-order valence-electron chi connectivity index (χ0n) is 10.3. The molecule has 1 aromatic carbocycles. The Morgan fingerprint density at radius 2 is 2.00 bits per heavy atom. The van der Waals surface area contributed by atoms with Crippen LogP contribution in [0, 0.1) is 12.8 Å². The van der Waals surface area contributed by atoms with E-state index in [4.69, 9.17) is 0 Å². The van der Waals surface area contributed by atoms with E-state index >= 15 is 0 Å². The number of hydrogen-bond donors (Lipinski definition) is 1. The van der Waals surface area contributed by atoms with Gasteiger partial charge >= 0.3 is 0 Å². The maximum atomic E-state index is 12.3. The summed E-state index contributed by atoms with van der Waals surface area (Å²) in [5, 5.41) is 10.2. The Hall–Kier alpha value is -0.910. The monoisotopic (exact) mass is 267 g/mol. The lowest BCUT2D eigenvalue weighted by molar-refractivity contribution is -0.0764. The van der Waals surface area contributed by atoms with Gasteiger partial charge in [-0.05, 0) is 43.4 Å². The molecule has 1 aromatic rings. The van der Waals surface area contributed by atoms with E-state index in [1.54, 1.807) is 18.2 Å². The molecule has 1 heterocycles. The fourth-order valence-corrected chi connectivity index (χ4v) is 4.21. The van der Waals surface area contributed by atoms with Crippen molar-refractivity contribution in [3.63, 3.8) is 0 Å². The molecule has 3 rings (SSSR count). The van der Waals surface area contributed by atoms with Gasteiger partial charge in [0.2, 0.25) is 10.0 Å². The molecule has 1 aliphatic carbocycles. The SMILES string of the molecule is Cc1cccc(S(=O)(=O)N2CC(O)(C3CC3)C2)c1. The van der Waals surface area contributed by atoms with Crippen molar-refractivity contribution in [3.05, 3.63) is 29.8 Å². The third-order valence-corrected chi connectivity index (χ3v) is 5.65.